The van der Waals surface area contributed by atoms with E-state index in [2.05, 4.69) is 12.2 Å². The molecule has 2 N–H and O–H groups in total. The summed E-state index contributed by atoms with van der Waals surface area (Å²) in [6.45, 7) is 4.84. The van der Waals surface area contributed by atoms with Crippen LogP contribution in [0.3, 0.4) is 0 Å². The number of hydrogen-bond donors (Lipinski definition) is 2. The Balaban J connectivity index is 1.93. The van der Waals surface area contributed by atoms with Gasteiger partial charge in [0.2, 0.25) is 0 Å². The van der Waals surface area contributed by atoms with E-state index in [0.29, 0.717) is 13.1 Å². The van der Waals surface area contributed by atoms with Crippen LogP contribution in [0.5, 0.6) is 0 Å². The average molecular weight is 254 g/mol. The Morgan fingerprint density at radius 1 is 1.28 bits per heavy atom. The van der Waals surface area contributed by atoms with Crippen LogP contribution >= 0.6 is 0 Å². The SMILES string of the molecule is CC1CN(C(=O)NC2(C)CCCC2)CC1C(=O)O. The van der Waals surface area contributed by atoms with Crippen molar-refractivity contribution >= 4 is 12.0 Å². The number of nitrogens with zero attached hydrogens (tertiary/aromatic N) is 1. The molecule has 2 atom stereocenters. The minimum atomic E-state index is -0.801. The summed E-state index contributed by atoms with van der Waals surface area (Å²) < 4.78 is 0. The summed E-state index contributed by atoms with van der Waals surface area (Å²) in [7, 11) is 0. The summed E-state index contributed by atoms with van der Waals surface area (Å²) in [5.74, 6) is -1.19. The van der Waals surface area contributed by atoms with Crippen molar-refractivity contribution in [2.24, 2.45) is 11.8 Å². The van der Waals surface area contributed by atoms with Crippen molar-refractivity contribution in [2.45, 2.75) is 45.1 Å². The molecule has 0 aromatic rings. The van der Waals surface area contributed by atoms with E-state index in [1.807, 2.05) is 6.92 Å². The van der Waals surface area contributed by atoms with Crippen LogP contribution < -0.4 is 5.32 Å². The molecule has 0 bridgehead atoms. The van der Waals surface area contributed by atoms with E-state index in [-0.39, 0.29) is 17.5 Å². The van der Waals surface area contributed by atoms with Gasteiger partial charge in [0.25, 0.3) is 0 Å². The highest BCUT2D eigenvalue weighted by Gasteiger charge is 2.39. The number of aliphatic carboxylic acids is 1. The number of carboxylic acid groups (broad SMARTS) is 1. The number of amides is 2. The molecule has 2 aliphatic rings. The van der Waals surface area contributed by atoms with Gasteiger partial charge in [-0.1, -0.05) is 19.8 Å². The second kappa shape index (κ2) is 4.78. The number of likely N-dealkylation sites (tertiary alicyclic amines) is 1. The second-order valence-electron chi connectivity index (χ2n) is 6.02. The van der Waals surface area contributed by atoms with Crippen LogP contribution in [0, 0.1) is 11.8 Å². The van der Waals surface area contributed by atoms with Gasteiger partial charge in [-0.25, -0.2) is 4.79 Å². The fraction of sp³-hybridized carbons (Fsp3) is 0.846. The molecule has 18 heavy (non-hydrogen) atoms. The molecule has 2 fully saturated rings. The molecular weight excluding hydrogens is 232 g/mol. The van der Waals surface area contributed by atoms with Crippen LogP contribution in [0.4, 0.5) is 4.79 Å². The molecule has 0 radical (unpaired) electrons. The molecule has 5 heteroatoms. The number of carbonyl (C=O) groups excluding carboxylic acids is 1. The minimum absolute atomic E-state index is 0.0321. The first-order valence-electron chi connectivity index (χ1n) is 6.71. The highest BCUT2D eigenvalue weighted by molar-refractivity contribution is 5.78. The lowest BCUT2D eigenvalue weighted by Gasteiger charge is -2.28. The second-order valence-corrected chi connectivity index (χ2v) is 6.02. The van der Waals surface area contributed by atoms with Gasteiger partial charge in [-0.2, -0.15) is 0 Å². The zero-order valence-electron chi connectivity index (χ0n) is 11.1. The molecule has 1 saturated heterocycles. The van der Waals surface area contributed by atoms with Crippen molar-refractivity contribution in [3.8, 4) is 0 Å². The molecule has 0 spiro atoms. The van der Waals surface area contributed by atoms with E-state index in [1.165, 1.54) is 0 Å². The van der Waals surface area contributed by atoms with Gasteiger partial charge in [0, 0.05) is 18.6 Å². The highest BCUT2D eigenvalue weighted by atomic mass is 16.4. The topological polar surface area (TPSA) is 69.6 Å². The molecule has 2 amide bonds. The van der Waals surface area contributed by atoms with Crippen molar-refractivity contribution in [3.05, 3.63) is 0 Å². The molecule has 1 saturated carbocycles. The largest absolute Gasteiger partial charge is 0.481 e. The number of carboxylic acids is 1. The fourth-order valence-electron chi connectivity index (χ4n) is 3.07. The van der Waals surface area contributed by atoms with Crippen molar-refractivity contribution < 1.29 is 14.7 Å². The summed E-state index contributed by atoms with van der Waals surface area (Å²) in [6, 6.07) is -0.102. The predicted octanol–water partition coefficient (Wildman–Crippen LogP) is 1.68. The van der Waals surface area contributed by atoms with Gasteiger partial charge in [-0.05, 0) is 25.7 Å². The number of nitrogens with one attached hydrogen (secondary N) is 1. The molecule has 2 rings (SSSR count). The molecule has 0 aromatic carbocycles. The molecule has 2 unspecified atom stereocenters. The number of carbonyl (C=O) groups is 2. The monoisotopic (exact) mass is 254 g/mol. The molecule has 1 aliphatic carbocycles. The first-order valence-corrected chi connectivity index (χ1v) is 6.71. The smallest absolute Gasteiger partial charge is 0.317 e. The van der Waals surface area contributed by atoms with Crippen LogP contribution in [0.25, 0.3) is 0 Å². The lowest BCUT2D eigenvalue weighted by molar-refractivity contribution is -0.142. The fourth-order valence-corrected chi connectivity index (χ4v) is 3.07. The molecular formula is C13H22N2O3. The Labute approximate surface area is 108 Å². The zero-order chi connectivity index (χ0) is 13.3. The van der Waals surface area contributed by atoms with Crippen LogP contribution in [0.15, 0.2) is 0 Å². The van der Waals surface area contributed by atoms with Gasteiger partial charge in [-0.15, -0.1) is 0 Å². The molecule has 1 heterocycles. The highest BCUT2D eigenvalue weighted by Crippen LogP contribution is 2.30. The summed E-state index contributed by atoms with van der Waals surface area (Å²) in [5.41, 5.74) is -0.0956. The van der Waals surface area contributed by atoms with E-state index < -0.39 is 11.9 Å². The molecule has 102 valence electrons. The number of hydrogen-bond acceptors (Lipinski definition) is 2. The van der Waals surface area contributed by atoms with Crippen LogP contribution in [-0.4, -0.2) is 40.6 Å². The van der Waals surface area contributed by atoms with E-state index in [9.17, 15) is 9.59 Å². The van der Waals surface area contributed by atoms with Crippen LogP contribution in [-0.2, 0) is 4.79 Å². The van der Waals surface area contributed by atoms with Crippen LogP contribution in [0.1, 0.15) is 39.5 Å². The molecule has 0 aromatic heterocycles. The van der Waals surface area contributed by atoms with Crippen molar-refractivity contribution in [2.75, 3.05) is 13.1 Å². The maximum Gasteiger partial charge on any atom is 0.317 e. The van der Waals surface area contributed by atoms with E-state index in [4.69, 9.17) is 5.11 Å². The standard InChI is InChI=1S/C13H22N2O3/c1-9-7-15(8-10(9)11(16)17)12(18)14-13(2)5-3-4-6-13/h9-10H,3-8H2,1-2H3,(H,14,18)(H,16,17). The number of rotatable bonds is 2. The predicted molar refractivity (Wildman–Crippen MR) is 67.3 cm³/mol. The molecule has 1 aliphatic heterocycles. The lowest BCUT2D eigenvalue weighted by atomic mass is 9.99. The third-order valence-corrected chi connectivity index (χ3v) is 4.33. The minimum Gasteiger partial charge on any atom is -0.481 e. The first kappa shape index (κ1) is 13.2. The summed E-state index contributed by atoms with van der Waals surface area (Å²) >= 11 is 0. The zero-order valence-corrected chi connectivity index (χ0v) is 11.1. The Bertz CT molecular complexity index is 350. The Morgan fingerprint density at radius 3 is 2.39 bits per heavy atom. The maximum atomic E-state index is 12.1. The van der Waals surface area contributed by atoms with Crippen molar-refractivity contribution in [1.82, 2.24) is 10.2 Å². The Kier molecular flexibility index (Phi) is 3.50. The normalized spacial score (nSPS) is 30.4. The van der Waals surface area contributed by atoms with Gasteiger partial charge >= 0.3 is 12.0 Å². The van der Waals surface area contributed by atoms with Crippen molar-refractivity contribution in [3.63, 3.8) is 0 Å². The molecule has 5 nitrogen and oxygen atoms in total. The maximum absolute atomic E-state index is 12.1. The van der Waals surface area contributed by atoms with Gasteiger partial charge in [-0.3, -0.25) is 4.79 Å². The average Bonchev–Trinajstić information content (AvgIpc) is 2.85. The van der Waals surface area contributed by atoms with E-state index >= 15 is 0 Å². The van der Waals surface area contributed by atoms with Gasteiger partial charge < -0.3 is 15.3 Å². The number of urea groups is 1. The van der Waals surface area contributed by atoms with Gasteiger partial charge in [0.15, 0.2) is 0 Å². The summed E-state index contributed by atoms with van der Waals surface area (Å²) in [6.07, 6.45) is 4.35. The third-order valence-electron chi connectivity index (χ3n) is 4.33. The van der Waals surface area contributed by atoms with E-state index in [1.54, 1.807) is 4.90 Å². The first-order chi connectivity index (χ1) is 8.41. The van der Waals surface area contributed by atoms with Crippen molar-refractivity contribution in [1.29, 1.82) is 0 Å². The Morgan fingerprint density at radius 2 is 1.89 bits per heavy atom. The van der Waals surface area contributed by atoms with Gasteiger partial charge in [0.05, 0.1) is 5.92 Å². The van der Waals surface area contributed by atoms with Gasteiger partial charge in [0.1, 0.15) is 0 Å². The van der Waals surface area contributed by atoms with E-state index in [0.717, 1.165) is 25.7 Å². The summed E-state index contributed by atoms with van der Waals surface area (Å²) in [4.78, 5) is 24.8. The van der Waals surface area contributed by atoms with Crippen LogP contribution in [0.2, 0.25) is 0 Å². The Hall–Kier alpha value is -1.26. The third kappa shape index (κ3) is 2.60. The summed E-state index contributed by atoms with van der Waals surface area (Å²) in [5, 5.41) is 12.1. The quantitative estimate of drug-likeness (QED) is 0.787. The lowest BCUT2D eigenvalue weighted by Crippen LogP contribution is -2.49.